The van der Waals surface area contributed by atoms with E-state index in [0.29, 0.717) is 13.1 Å². The highest BCUT2D eigenvalue weighted by Gasteiger charge is 2.32. The summed E-state index contributed by atoms with van der Waals surface area (Å²) in [6.45, 7) is 2.33. The van der Waals surface area contributed by atoms with Gasteiger partial charge in [0.05, 0.1) is 11.6 Å². The van der Waals surface area contributed by atoms with Crippen LogP contribution in [0.3, 0.4) is 0 Å². The summed E-state index contributed by atoms with van der Waals surface area (Å²) in [4.78, 5) is 13.8. The summed E-state index contributed by atoms with van der Waals surface area (Å²) < 4.78 is 26.2. The number of amides is 1. The number of thiol groups is 1. The molecule has 0 spiro atoms. The third-order valence-electron chi connectivity index (χ3n) is 2.94. The van der Waals surface area contributed by atoms with Gasteiger partial charge in [-0.3, -0.25) is 4.79 Å². The van der Waals surface area contributed by atoms with Crippen LogP contribution < -0.4 is 0 Å². The lowest BCUT2D eigenvalue weighted by Crippen LogP contribution is -2.32. The third kappa shape index (κ3) is 3.07. The van der Waals surface area contributed by atoms with Gasteiger partial charge in [-0.25, -0.2) is 8.42 Å². The van der Waals surface area contributed by atoms with Gasteiger partial charge in [-0.1, -0.05) is 16.9 Å². The SMILES string of the molecule is CC(=O)N1CCN(S(=O)(=O)c2cccc(SS)c2)C1. The van der Waals surface area contributed by atoms with Crippen LogP contribution in [0, 0.1) is 0 Å². The van der Waals surface area contributed by atoms with Gasteiger partial charge in [0.25, 0.3) is 0 Å². The first-order valence-electron chi connectivity index (χ1n) is 5.62. The summed E-state index contributed by atoms with van der Waals surface area (Å²) in [5, 5.41) is 0. The molecule has 0 N–H and O–H groups in total. The molecule has 1 saturated heterocycles. The van der Waals surface area contributed by atoms with Crippen molar-refractivity contribution in [2.24, 2.45) is 0 Å². The largest absolute Gasteiger partial charge is 0.328 e. The number of benzene rings is 1. The predicted molar refractivity (Wildman–Crippen MR) is 77.4 cm³/mol. The first kappa shape index (κ1) is 14.7. The average molecular weight is 318 g/mol. The van der Waals surface area contributed by atoms with Gasteiger partial charge in [-0.2, -0.15) is 4.31 Å². The van der Waals surface area contributed by atoms with Crippen molar-refractivity contribution in [2.45, 2.75) is 16.7 Å². The maximum Gasteiger partial charge on any atom is 0.244 e. The number of rotatable bonds is 3. The number of carbonyl (C=O) groups excluding carboxylic acids is 1. The van der Waals surface area contributed by atoms with Crippen molar-refractivity contribution >= 4 is 38.4 Å². The van der Waals surface area contributed by atoms with Crippen molar-refractivity contribution in [1.82, 2.24) is 9.21 Å². The number of sulfonamides is 1. The number of nitrogens with zero attached hydrogens (tertiary/aromatic N) is 2. The van der Waals surface area contributed by atoms with Gasteiger partial charge in [-0.05, 0) is 18.2 Å². The summed E-state index contributed by atoms with van der Waals surface area (Å²) in [6.07, 6.45) is 0. The van der Waals surface area contributed by atoms with Crippen LogP contribution in [-0.4, -0.2) is 43.3 Å². The summed E-state index contributed by atoms with van der Waals surface area (Å²) in [6, 6.07) is 6.62. The van der Waals surface area contributed by atoms with Gasteiger partial charge in [-0.15, -0.1) is 11.7 Å². The standard InChI is InChI=1S/C11H14N2O3S3/c1-9(14)12-5-6-13(8-12)19(15,16)11-4-2-3-10(7-11)18-17/h2-4,7,17H,5-6,8H2,1H3. The van der Waals surface area contributed by atoms with E-state index in [1.807, 2.05) is 0 Å². The Labute approximate surface area is 121 Å². The summed E-state index contributed by atoms with van der Waals surface area (Å²) in [7, 11) is -2.35. The van der Waals surface area contributed by atoms with Gasteiger partial charge in [0.1, 0.15) is 0 Å². The lowest BCUT2D eigenvalue weighted by atomic mass is 10.4. The van der Waals surface area contributed by atoms with Crippen LogP contribution in [0.4, 0.5) is 0 Å². The highest BCUT2D eigenvalue weighted by atomic mass is 33.1. The second kappa shape index (κ2) is 5.74. The Morgan fingerprint density at radius 2 is 2.11 bits per heavy atom. The first-order valence-corrected chi connectivity index (χ1v) is 8.93. The van der Waals surface area contributed by atoms with Crippen LogP contribution in [0.1, 0.15) is 6.92 Å². The third-order valence-corrected chi connectivity index (χ3v) is 5.87. The summed E-state index contributed by atoms with van der Waals surface area (Å²) in [5.74, 6) is -0.114. The minimum Gasteiger partial charge on any atom is -0.328 e. The molecule has 1 heterocycles. The molecule has 0 aromatic heterocycles. The van der Waals surface area contributed by atoms with Gasteiger partial charge in [0, 0.05) is 24.9 Å². The molecule has 1 aliphatic heterocycles. The van der Waals surface area contributed by atoms with E-state index in [0.717, 1.165) is 4.90 Å². The Hall–Kier alpha value is -0.700. The van der Waals surface area contributed by atoms with Gasteiger partial charge >= 0.3 is 0 Å². The quantitative estimate of drug-likeness (QED) is 0.677. The Morgan fingerprint density at radius 3 is 2.68 bits per heavy atom. The number of carbonyl (C=O) groups is 1. The lowest BCUT2D eigenvalue weighted by Gasteiger charge is -2.17. The molecule has 0 bridgehead atoms. The number of hydrogen-bond acceptors (Lipinski definition) is 5. The van der Waals surface area contributed by atoms with E-state index in [9.17, 15) is 13.2 Å². The fourth-order valence-corrected chi connectivity index (χ4v) is 4.03. The molecule has 0 radical (unpaired) electrons. The fourth-order valence-electron chi connectivity index (χ4n) is 1.86. The molecule has 0 saturated carbocycles. The van der Waals surface area contributed by atoms with E-state index >= 15 is 0 Å². The number of hydrogen-bond donors (Lipinski definition) is 1. The Balaban J connectivity index is 2.25. The van der Waals surface area contributed by atoms with Gasteiger partial charge in [0.15, 0.2) is 0 Å². The highest BCUT2D eigenvalue weighted by molar-refractivity contribution is 8.68. The zero-order valence-electron chi connectivity index (χ0n) is 10.3. The average Bonchev–Trinajstić information content (AvgIpc) is 2.89. The molecule has 19 heavy (non-hydrogen) atoms. The molecule has 1 aromatic rings. The molecule has 1 fully saturated rings. The second-order valence-corrected chi connectivity index (χ2v) is 7.31. The van der Waals surface area contributed by atoms with Gasteiger partial charge in [0.2, 0.25) is 15.9 Å². The monoisotopic (exact) mass is 318 g/mol. The summed E-state index contributed by atoms with van der Waals surface area (Å²) in [5.41, 5.74) is 0. The molecule has 5 nitrogen and oxygen atoms in total. The molecule has 1 aromatic carbocycles. The fraction of sp³-hybridized carbons (Fsp3) is 0.364. The maximum absolute atomic E-state index is 12.4. The van der Waals surface area contributed by atoms with Crippen molar-refractivity contribution in [1.29, 1.82) is 0 Å². The maximum atomic E-state index is 12.4. The molecule has 0 atom stereocenters. The molecule has 1 aliphatic rings. The topological polar surface area (TPSA) is 57.7 Å². The molecule has 0 aliphatic carbocycles. The zero-order chi connectivity index (χ0) is 14.0. The predicted octanol–water partition coefficient (Wildman–Crippen LogP) is 1.43. The van der Waals surface area contributed by atoms with E-state index in [1.54, 1.807) is 24.3 Å². The van der Waals surface area contributed by atoms with E-state index in [2.05, 4.69) is 11.7 Å². The molecular formula is C11H14N2O3S3. The lowest BCUT2D eigenvalue weighted by molar-refractivity contribution is -0.128. The van der Waals surface area contributed by atoms with E-state index < -0.39 is 10.0 Å². The Bertz CT molecular complexity index is 589. The molecule has 104 valence electrons. The van der Waals surface area contributed by atoms with Crippen LogP contribution in [-0.2, 0) is 14.8 Å². The molecular weight excluding hydrogens is 304 g/mol. The minimum atomic E-state index is -3.55. The molecule has 1 amide bonds. The van der Waals surface area contributed by atoms with E-state index in [4.69, 9.17) is 0 Å². The first-order chi connectivity index (χ1) is 8.95. The molecule has 8 heteroatoms. The highest BCUT2D eigenvalue weighted by Crippen LogP contribution is 2.26. The second-order valence-electron chi connectivity index (χ2n) is 4.17. The van der Waals surface area contributed by atoms with Crippen molar-refractivity contribution < 1.29 is 13.2 Å². The zero-order valence-corrected chi connectivity index (χ0v) is 12.8. The normalized spacial score (nSPS) is 16.8. The van der Waals surface area contributed by atoms with Gasteiger partial charge < -0.3 is 4.90 Å². The van der Waals surface area contributed by atoms with E-state index in [-0.39, 0.29) is 17.5 Å². The van der Waals surface area contributed by atoms with Crippen molar-refractivity contribution in [2.75, 3.05) is 19.8 Å². The van der Waals surface area contributed by atoms with Crippen LogP contribution in [0.2, 0.25) is 0 Å². The minimum absolute atomic E-state index is 0.114. The summed E-state index contributed by atoms with van der Waals surface area (Å²) >= 11 is 4.06. The molecule has 2 rings (SSSR count). The Morgan fingerprint density at radius 1 is 1.37 bits per heavy atom. The van der Waals surface area contributed by atoms with Crippen molar-refractivity contribution in [3.05, 3.63) is 24.3 Å². The van der Waals surface area contributed by atoms with Crippen LogP contribution in [0.25, 0.3) is 0 Å². The van der Waals surface area contributed by atoms with E-state index in [1.165, 1.54) is 26.9 Å². The smallest absolute Gasteiger partial charge is 0.244 e. The van der Waals surface area contributed by atoms with Crippen LogP contribution >= 0.6 is 22.5 Å². The molecule has 0 unspecified atom stereocenters. The van der Waals surface area contributed by atoms with Crippen LogP contribution in [0.15, 0.2) is 34.1 Å². The van der Waals surface area contributed by atoms with Crippen molar-refractivity contribution in [3.63, 3.8) is 0 Å². The van der Waals surface area contributed by atoms with Crippen LogP contribution in [0.5, 0.6) is 0 Å². The van der Waals surface area contributed by atoms with Crippen molar-refractivity contribution in [3.8, 4) is 0 Å². The Kier molecular flexibility index (Phi) is 4.44.